The first-order valence-corrected chi connectivity index (χ1v) is 2.84. The Morgan fingerprint density at radius 3 is 2.12 bits per heavy atom. The van der Waals surface area contributed by atoms with E-state index >= 15 is 0 Å². The predicted molar refractivity (Wildman–Crippen MR) is 36.0 cm³/mol. The van der Waals surface area contributed by atoms with Crippen molar-refractivity contribution in [3.63, 3.8) is 0 Å². The van der Waals surface area contributed by atoms with E-state index in [1.165, 1.54) is 0 Å². The minimum absolute atomic E-state index is 0.395. The van der Waals surface area contributed by atoms with E-state index in [9.17, 15) is 0 Å². The summed E-state index contributed by atoms with van der Waals surface area (Å²) in [6.07, 6.45) is 3.77. The summed E-state index contributed by atoms with van der Waals surface area (Å²) in [7, 11) is 0. The zero-order valence-corrected chi connectivity index (χ0v) is 5.76. The van der Waals surface area contributed by atoms with Gasteiger partial charge in [-0.1, -0.05) is 6.08 Å². The van der Waals surface area contributed by atoms with E-state index in [0.717, 1.165) is 0 Å². The van der Waals surface area contributed by atoms with Gasteiger partial charge in [0.25, 0.3) is 0 Å². The van der Waals surface area contributed by atoms with Crippen LogP contribution in [0.4, 0.5) is 0 Å². The fourth-order valence-electron chi connectivity index (χ4n) is 0.344. The average Bonchev–Trinajstić information content (AvgIpc) is 1.67. The highest BCUT2D eigenvalue weighted by Gasteiger charge is 1.93. The Morgan fingerprint density at radius 2 is 2.00 bits per heavy atom. The molecule has 2 nitrogen and oxygen atoms in total. The molecule has 0 saturated heterocycles. The summed E-state index contributed by atoms with van der Waals surface area (Å²) in [4.78, 5) is 0. The molecule has 0 rings (SSSR count). The van der Waals surface area contributed by atoms with Crippen LogP contribution in [0.3, 0.4) is 0 Å². The van der Waals surface area contributed by atoms with E-state index in [2.05, 4.69) is 0 Å². The summed E-state index contributed by atoms with van der Waals surface area (Å²) in [6, 6.07) is 0.395. The lowest BCUT2D eigenvalue weighted by atomic mass is 10.4. The average molecular weight is 114 g/mol. The highest BCUT2D eigenvalue weighted by Crippen LogP contribution is 1.88. The molecule has 8 heavy (non-hydrogen) atoms. The highest BCUT2D eigenvalue weighted by molar-refractivity contribution is 4.76. The van der Waals surface area contributed by atoms with Gasteiger partial charge < -0.3 is 5.01 Å². The molecule has 0 amide bonds. The maximum atomic E-state index is 5.47. The lowest BCUT2D eigenvalue weighted by Crippen LogP contribution is -2.31. The van der Waals surface area contributed by atoms with Crippen molar-refractivity contribution in [2.45, 2.75) is 26.8 Å². The van der Waals surface area contributed by atoms with Gasteiger partial charge in [-0.2, -0.15) is 0 Å². The van der Waals surface area contributed by atoms with Crippen molar-refractivity contribution in [2.24, 2.45) is 5.84 Å². The topological polar surface area (TPSA) is 29.3 Å². The zero-order valence-electron chi connectivity index (χ0n) is 5.76. The predicted octanol–water partition coefficient (Wildman–Crippen LogP) is 1.10. The van der Waals surface area contributed by atoms with Crippen LogP contribution in [-0.2, 0) is 0 Å². The second-order valence-corrected chi connectivity index (χ2v) is 2.02. The van der Waals surface area contributed by atoms with Crippen LogP contribution in [0.2, 0.25) is 0 Å². The standard InChI is InChI=1S/C6H14N2/c1-4-5-8(7)6(2)3/h4-6H,7H2,1-3H3/b5-4+. The normalized spacial score (nSPS) is 11.1. The van der Waals surface area contributed by atoms with Crippen LogP contribution in [0.15, 0.2) is 12.3 Å². The number of allylic oxidation sites excluding steroid dienone is 1. The SMILES string of the molecule is C/C=C/N(N)C(C)C. The quantitative estimate of drug-likeness (QED) is 0.430. The molecule has 0 radical (unpaired) electrons. The van der Waals surface area contributed by atoms with Crippen molar-refractivity contribution >= 4 is 0 Å². The first-order chi connectivity index (χ1) is 3.68. The van der Waals surface area contributed by atoms with Gasteiger partial charge in [0.05, 0.1) is 0 Å². The van der Waals surface area contributed by atoms with Gasteiger partial charge in [0, 0.05) is 12.2 Å². The van der Waals surface area contributed by atoms with E-state index in [1.54, 1.807) is 5.01 Å². The fraction of sp³-hybridized carbons (Fsp3) is 0.667. The summed E-state index contributed by atoms with van der Waals surface area (Å²) in [5.41, 5.74) is 0. The molecule has 0 atom stereocenters. The molecule has 48 valence electrons. The summed E-state index contributed by atoms with van der Waals surface area (Å²) >= 11 is 0. The van der Waals surface area contributed by atoms with Crippen LogP contribution in [0.25, 0.3) is 0 Å². The molecule has 0 aromatic carbocycles. The van der Waals surface area contributed by atoms with Crippen molar-refractivity contribution in [3.05, 3.63) is 12.3 Å². The Labute approximate surface area is 50.9 Å². The van der Waals surface area contributed by atoms with Crippen LogP contribution in [0.1, 0.15) is 20.8 Å². The lowest BCUT2D eigenvalue weighted by Gasteiger charge is -2.16. The molecule has 0 spiro atoms. The van der Waals surface area contributed by atoms with Crippen LogP contribution in [-0.4, -0.2) is 11.1 Å². The van der Waals surface area contributed by atoms with Gasteiger partial charge in [0.15, 0.2) is 0 Å². The number of nitrogens with zero attached hydrogens (tertiary/aromatic N) is 1. The van der Waals surface area contributed by atoms with E-state index in [0.29, 0.717) is 6.04 Å². The molecule has 2 heteroatoms. The number of hydrogen-bond donors (Lipinski definition) is 1. The third-order valence-corrected chi connectivity index (χ3v) is 0.917. The summed E-state index contributed by atoms with van der Waals surface area (Å²) in [6.45, 7) is 6.03. The smallest absolute Gasteiger partial charge is 0.0389 e. The Hall–Kier alpha value is -0.500. The van der Waals surface area contributed by atoms with Gasteiger partial charge in [-0.25, -0.2) is 5.84 Å². The van der Waals surface area contributed by atoms with Crippen LogP contribution in [0, 0.1) is 0 Å². The molecule has 0 aromatic rings. The van der Waals surface area contributed by atoms with Gasteiger partial charge in [-0.15, -0.1) is 0 Å². The van der Waals surface area contributed by atoms with E-state index in [-0.39, 0.29) is 0 Å². The number of nitrogens with two attached hydrogens (primary N) is 1. The molecular weight excluding hydrogens is 100 g/mol. The van der Waals surface area contributed by atoms with Crippen molar-refractivity contribution in [2.75, 3.05) is 0 Å². The zero-order chi connectivity index (χ0) is 6.57. The van der Waals surface area contributed by atoms with E-state index in [1.807, 2.05) is 33.0 Å². The number of hydrazine groups is 1. The largest absolute Gasteiger partial charge is 0.316 e. The maximum Gasteiger partial charge on any atom is 0.0389 e. The summed E-state index contributed by atoms with van der Waals surface area (Å²) < 4.78 is 0. The lowest BCUT2D eigenvalue weighted by molar-refractivity contribution is 0.322. The molecule has 0 aliphatic carbocycles. The first-order valence-electron chi connectivity index (χ1n) is 2.84. The third-order valence-electron chi connectivity index (χ3n) is 0.917. The summed E-state index contributed by atoms with van der Waals surface area (Å²) in [5, 5.41) is 1.67. The van der Waals surface area contributed by atoms with Crippen molar-refractivity contribution in [1.29, 1.82) is 0 Å². The first kappa shape index (κ1) is 7.50. The van der Waals surface area contributed by atoms with Crippen LogP contribution in [0.5, 0.6) is 0 Å². The second kappa shape index (κ2) is 3.50. The van der Waals surface area contributed by atoms with E-state index < -0.39 is 0 Å². The van der Waals surface area contributed by atoms with Crippen molar-refractivity contribution in [1.82, 2.24) is 5.01 Å². The Morgan fingerprint density at radius 1 is 1.50 bits per heavy atom. The molecule has 0 aromatic heterocycles. The molecule has 0 unspecified atom stereocenters. The van der Waals surface area contributed by atoms with Crippen LogP contribution >= 0.6 is 0 Å². The molecule has 0 heterocycles. The van der Waals surface area contributed by atoms with Gasteiger partial charge in [0.2, 0.25) is 0 Å². The number of hydrogen-bond acceptors (Lipinski definition) is 2. The van der Waals surface area contributed by atoms with Crippen molar-refractivity contribution < 1.29 is 0 Å². The van der Waals surface area contributed by atoms with Crippen molar-refractivity contribution in [3.8, 4) is 0 Å². The molecule has 0 aliphatic rings. The molecular formula is C6H14N2. The molecule has 0 fully saturated rings. The Bertz CT molecular complexity index is 76.6. The Balaban J connectivity index is 3.47. The molecule has 0 bridgehead atoms. The fourth-order valence-corrected chi connectivity index (χ4v) is 0.344. The van der Waals surface area contributed by atoms with Gasteiger partial charge in [0.1, 0.15) is 0 Å². The second-order valence-electron chi connectivity index (χ2n) is 2.02. The van der Waals surface area contributed by atoms with Gasteiger partial charge >= 0.3 is 0 Å². The molecule has 0 aliphatic heterocycles. The van der Waals surface area contributed by atoms with E-state index in [4.69, 9.17) is 5.84 Å². The summed E-state index contributed by atoms with van der Waals surface area (Å²) in [5.74, 6) is 5.47. The molecule has 0 saturated carbocycles. The highest BCUT2D eigenvalue weighted by atomic mass is 15.4. The monoisotopic (exact) mass is 114 g/mol. The Kier molecular flexibility index (Phi) is 3.28. The number of rotatable bonds is 2. The maximum absolute atomic E-state index is 5.47. The van der Waals surface area contributed by atoms with Crippen LogP contribution < -0.4 is 5.84 Å². The van der Waals surface area contributed by atoms with Gasteiger partial charge in [-0.05, 0) is 20.8 Å². The minimum atomic E-state index is 0.395. The third kappa shape index (κ3) is 2.64. The molecule has 2 N–H and O–H groups in total. The van der Waals surface area contributed by atoms with Gasteiger partial charge in [-0.3, -0.25) is 0 Å². The minimum Gasteiger partial charge on any atom is -0.316 e.